The summed E-state index contributed by atoms with van der Waals surface area (Å²) in [4.78, 5) is 23.8. The molecule has 124 valence electrons. The van der Waals surface area contributed by atoms with Crippen molar-refractivity contribution in [2.24, 2.45) is 4.99 Å². The second kappa shape index (κ2) is 6.69. The second-order valence-corrected chi connectivity index (χ2v) is 7.83. The van der Waals surface area contributed by atoms with Crippen LogP contribution in [-0.4, -0.2) is 33.3 Å². The number of amides is 1. The van der Waals surface area contributed by atoms with Gasteiger partial charge in [-0.1, -0.05) is 37.1 Å². The van der Waals surface area contributed by atoms with Gasteiger partial charge in [-0.25, -0.2) is 9.98 Å². The first-order chi connectivity index (χ1) is 11.8. The number of carbonyl (C=O) groups excluding carboxylic acids is 1. The summed E-state index contributed by atoms with van der Waals surface area (Å²) in [5.41, 5.74) is 4.40. The van der Waals surface area contributed by atoms with Gasteiger partial charge < -0.3 is 0 Å². The third-order valence-corrected chi connectivity index (χ3v) is 6.09. The van der Waals surface area contributed by atoms with Crippen LogP contribution in [0.25, 0.3) is 16.3 Å². The van der Waals surface area contributed by atoms with E-state index >= 15 is 0 Å². The standard InChI is InChI=1S/C18H19N3OS2/c1-23-18-20-15(17(22)21(18)13-5-3-2-4-6-13)9-12-7-8-14-16(10-12)24-11-19-14/h7-11,13H,2-6H2,1H3/b15-9-. The molecule has 0 atom stereocenters. The number of thiazole rings is 1. The summed E-state index contributed by atoms with van der Waals surface area (Å²) < 4.78 is 1.13. The van der Waals surface area contributed by atoms with Crippen LogP contribution < -0.4 is 0 Å². The first-order valence-electron chi connectivity index (χ1n) is 8.27. The van der Waals surface area contributed by atoms with Crippen molar-refractivity contribution in [2.75, 3.05) is 6.26 Å². The number of hydrogen-bond acceptors (Lipinski definition) is 5. The van der Waals surface area contributed by atoms with Crippen molar-refractivity contribution >= 4 is 50.5 Å². The fraction of sp³-hybridized carbons (Fsp3) is 0.389. The number of nitrogens with zero attached hydrogens (tertiary/aromatic N) is 3. The summed E-state index contributed by atoms with van der Waals surface area (Å²) in [6, 6.07) is 6.38. The molecule has 0 unspecified atom stereocenters. The van der Waals surface area contributed by atoms with Crippen molar-refractivity contribution < 1.29 is 4.79 Å². The van der Waals surface area contributed by atoms with Crippen molar-refractivity contribution in [1.82, 2.24) is 9.88 Å². The lowest BCUT2D eigenvalue weighted by Gasteiger charge is -2.30. The lowest BCUT2D eigenvalue weighted by atomic mass is 9.94. The third kappa shape index (κ3) is 2.89. The van der Waals surface area contributed by atoms with E-state index < -0.39 is 0 Å². The molecule has 2 heterocycles. The molecular weight excluding hydrogens is 338 g/mol. The Labute approximate surface area is 149 Å². The summed E-state index contributed by atoms with van der Waals surface area (Å²) in [6.07, 6.45) is 9.77. The van der Waals surface area contributed by atoms with E-state index in [-0.39, 0.29) is 5.91 Å². The number of amidine groups is 1. The molecule has 1 saturated carbocycles. The van der Waals surface area contributed by atoms with Crippen LogP contribution in [0.15, 0.2) is 34.4 Å². The zero-order valence-corrected chi connectivity index (χ0v) is 15.2. The Bertz CT molecular complexity index is 834. The van der Waals surface area contributed by atoms with E-state index in [1.807, 2.05) is 34.9 Å². The van der Waals surface area contributed by atoms with E-state index in [2.05, 4.69) is 16.0 Å². The monoisotopic (exact) mass is 357 g/mol. The van der Waals surface area contributed by atoms with Crippen molar-refractivity contribution in [3.05, 3.63) is 35.0 Å². The van der Waals surface area contributed by atoms with Crippen molar-refractivity contribution in [3.8, 4) is 0 Å². The van der Waals surface area contributed by atoms with Crippen molar-refractivity contribution in [3.63, 3.8) is 0 Å². The number of benzene rings is 1. The highest BCUT2D eigenvalue weighted by Crippen LogP contribution is 2.31. The first-order valence-corrected chi connectivity index (χ1v) is 10.4. The van der Waals surface area contributed by atoms with Gasteiger partial charge in [0.05, 0.1) is 15.7 Å². The van der Waals surface area contributed by atoms with Gasteiger partial charge in [-0.2, -0.15) is 0 Å². The summed E-state index contributed by atoms with van der Waals surface area (Å²) >= 11 is 3.18. The second-order valence-electron chi connectivity index (χ2n) is 6.17. The quantitative estimate of drug-likeness (QED) is 0.742. The highest BCUT2D eigenvalue weighted by Gasteiger charge is 2.35. The van der Waals surface area contributed by atoms with Crippen molar-refractivity contribution in [1.29, 1.82) is 0 Å². The van der Waals surface area contributed by atoms with Crippen LogP contribution in [0.1, 0.15) is 37.7 Å². The largest absolute Gasteiger partial charge is 0.283 e. The van der Waals surface area contributed by atoms with Crippen LogP contribution in [0.4, 0.5) is 0 Å². The molecule has 0 radical (unpaired) electrons. The summed E-state index contributed by atoms with van der Waals surface area (Å²) in [7, 11) is 0. The van der Waals surface area contributed by atoms with E-state index in [9.17, 15) is 4.79 Å². The van der Waals surface area contributed by atoms with E-state index in [1.54, 1.807) is 23.1 Å². The number of aromatic nitrogens is 1. The molecule has 0 saturated heterocycles. The Hall–Kier alpha value is -1.66. The van der Waals surface area contributed by atoms with E-state index in [1.165, 1.54) is 19.3 Å². The topological polar surface area (TPSA) is 45.6 Å². The maximum Gasteiger partial charge on any atom is 0.278 e. The molecule has 0 bridgehead atoms. The minimum Gasteiger partial charge on any atom is -0.283 e. The zero-order chi connectivity index (χ0) is 16.5. The van der Waals surface area contributed by atoms with Gasteiger partial charge in [0, 0.05) is 6.04 Å². The molecule has 0 spiro atoms. The van der Waals surface area contributed by atoms with Gasteiger partial charge in [0.1, 0.15) is 5.70 Å². The summed E-state index contributed by atoms with van der Waals surface area (Å²) in [5.74, 6) is 0.0515. The van der Waals surface area contributed by atoms with Crippen LogP contribution in [-0.2, 0) is 4.79 Å². The molecule has 1 aliphatic carbocycles. The molecule has 1 amide bonds. The third-order valence-electron chi connectivity index (χ3n) is 4.64. The summed E-state index contributed by atoms with van der Waals surface area (Å²) in [6.45, 7) is 0. The molecule has 4 rings (SSSR count). The summed E-state index contributed by atoms with van der Waals surface area (Å²) in [5, 5.41) is 0.844. The molecule has 1 aromatic carbocycles. The minimum absolute atomic E-state index is 0.0515. The highest BCUT2D eigenvalue weighted by atomic mass is 32.2. The molecule has 4 nitrogen and oxygen atoms in total. The van der Waals surface area contributed by atoms with E-state index in [4.69, 9.17) is 0 Å². The van der Waals surface area contributed by atoms with Crippen molar-refractivity contribution in [2.45, 2.75) is 38.1 Å². The van der Waals surface area contributed by atoms with Gasteiger partial charge in [0.15, 0.2) is 5.17 Å². The van der Waals surface area contributed by atoms with Crippen LogP contribution in [0.5, 0.6) is 0 Å². The number of aliphatic imine (C=N–C) groups is 1. The number of hydrogen-bond donors (Lipinski definition) is 0. The fourth-order valence-electron chi connectivity index (χ4n) is 3.43. The predicted molar refractivity (Wildman–Crippen MR) is 102 cm³/mol. The Morgan fingerprint density at radius 3 is 2.92 bits per heavy atom. The Morgan fingerprint density at radius 2 is 2.12 bits per heavy atom. The van der Waals surface area contributed by atoms with Crippen LogP contribution in [0.3, 0.4) is 0 Å². The SMILES string of the molecule is CSC1=N/C(=C\c2ccc3ncsc3c2)C(=O)N1C1CCCCC1. The Morgan fingerprint density at radius 1 is 1.29 bits per heavy atom. The minimum atomic E-state index is 0.0515. The maximum atomic E-state index is 12.9. The predicted octanol–water partition coefficient (Wildman–Crippen LogP) is 4.53. The normalized spacial score (nSPS) is 21.0. The average Bonchev–Trinajstić information content (AvgIpc) is 3.20. The Balaban J connectivity index is 1.65. The molecule has 2 aromatic rings. The van der Waals surface area contributed by atoms with Gasteiger partial charge in [-0.15, -0.1) is 11.3 Å². The van der Waals surface area contributed by atoms with Gasteiger partial charge in [-0.05, 0) is 42.9 Å². The van der Waals surface area contributed by atoms with Gasteiger partial charge >= 0.3 is 0 Å². The lowest BCUT2D eigenvalue weighted by Crippen LogP contribution is -2.41. The Kier molecular flexibility index (Phi) is 4.41. The first kappa shape index (κ1) is 15.8. The van der Waals surface area contributed by atoms with Gasteiger partial charge in [-0.3, -0.25) is 9.69 Å². The molecule has 1 aliphatic heterocycles. The van der Waals surface area contributed by atoms with E-state index in [0.717, 1.165) is 33.8 Å². The molecule has 0 N–H and O–H groups in total. The number of carbonyl (C=O) groups is 1. The molecule has 24 heavy (non-hydrogen) atoms. The lowest BCUT2D eigenvalue weighted by molar-refractivity contribution is -0.124. The smallest absolute Gasteiger partial charge is 0.278 e. The van der Waals surface area contributed by atoms with Crippen LogP contribution in [0.2, 0.25) is 0 Å². The van der Waals surface area contributed by atoms with E-state index in [0.29, 0.717) is 11.7 Å². The molecule has 6 heteroatoms. The molecule has 1 aromatic heterocycles. The number of fused-ring (bicyclic) bond motifs is 1. The number of thioether (sulfide) groups is 1. The van der Waals surface area contributed by atoms with Gasteiger partial charge in [0.25, 0.3) is 5.91 Å². The zero-order valence-electron chi connectivity index (χ0n) is 13.6. The maximum absolute atomic E-state index is 12.9. The fourth-order valence-corrected chi connectivity index (χ4v) is 4.78. The average molecular weight is 358 g/mol. The molecule has 2 aliphatic rings. The molecular formula is C18H19N3OS2. The van der Waals surface area contributed by atoms with Crippen LogP contribution in [0, 0.1) is 0 Å². The highest BCUT2D eigenvalue weighted by molar-refractivity contribution is 8.13. The van der Waals surface area contributed by atoms with Crippen LogP contribution >= 0.6 is 23.1 Å². The molecule has 1 fully saturated rings. The van der Waals surface area contributed by atoms with Gasteiger partial charge in [0.2, 0.25) is 0 Å². The number of rotatable bonds is 2.